The molecular weight excluding hydrogens is 133 g/mol. The summed E-state index contributed by atoms with van der Waals surface area (Å²) in [5.41, 5.74) is 0. The van der Waals surface area contributed by atoms with Gasteiger partial charge >= 0.3 is 0 Å². The van der Waals surface area contributed by atoms with Gasteiger partial charge in [-0.15, -0.1) is 0 Å². The van der Waals surface area contributed by atoms with Crippen molar-refractivity contribution in [3.8, 4) is 0 Å². The second kappa shape index (κ2) is 3.30. The average molecular weight is 147 g/mol. The second-order valence-electron chi connectivity index (χ2n) is 2.91. The molecule has 0 bridgehead atoms. The van der Waals surface area contributed by atoms with E-state index in [1.54, 1.807) is 6.92 Å². The summed E-state index contributed by atoms with van der Waals surface area (Å²) in [4.78, 5) is 0. The van der Waals surface area contributed by atoms with Crippen LogP contribution < -0.4 is 5.32 Å². The Labute approximate surface area is 60.4 Å². The standard InChI is InChI=1S/C7H14FNO/c1-5(10)6-2-3-9-4-7(6)8/h5-7,9-10H,2-4H2,1H3. The molecule has 0 aromatic carbocycles. The predicted octanol–water partition coefficient (Wildman–Crippen LogP) is 0.315. The van der Waals surface area contributed by atoms with Crippen LogP contribution in [0.1, 0.15) is 13.3 Å². The Bertz CT molecular complexity index is 108. The van der Waals surface area contributed by atoms with Gasteiger partial charge in [-0.3, -0.25) is 0 Å². The molecule has 60 valence electrons. The summed E-state index contributed by atoms with van der Waals surface area (Å²) in [6.45, 7) is 2.88. The number of hydrogen-bond donors (Lipinski definition) is 2. The molecule has 3 atom stereocenters. The largest absolute Gasteiger partial charge is 0.393 e. The van der Waals surface area contributed by atoms with Crippen molar-refractivity contribution in [1.82, 2.24) is 5.32 Å². The molecule has 0 amide bonds. The van der Waals surface area contributed by atoms with Crippen molar-refractivity contribution >= 4 is 0 Å². The summed E-state index contributed by atoms with van der Waals surface area (Å²) in [7, 11) is 0. The summed E-state index contributed by atoms with van der Waals surface area (Å²) in [5.74, 6) is -0.152. The third-order valence-electron chi connectivity index (χ3n) is 2.08. The van der Waals surface area contributed by atoms with E-state index in [-0.39, 0.29) is 5.92 Å². The first kappa shape index (κ1) is 7.95. The maximum absolute atomic E-state index is 12.9. The number of aliphatic hydroxyl groups is 1. The van der Waals surface area contributed by atoms with Gasteiger partial charge in [0.25, 0.3) is 0 Å². The van der Waals surface area contributed by atoms with Crippen molar-refractivity contribution < 1.29 is 9.50 Å². The summed E-state index contributed by atoms with van der Waals surface area (Å²) >= 11 is 0. The number of aliphatic hydroxyl groups excluding tert-OH is 1. The zero-order valence-corrected chi connectivity index (χ0v) is 6.18. The van der Waals surface area contributed by atoms with Crippen LogP contribution in [-0.2, 0) is 0 Å². The van der Waals surface area contributed by atoms with Crippen molar-refractivity contribution in [2.75, 3.05) is 13.1 Å². The van der Waals surface area contributed by atoms with E-state index in [2.05, 4.69) is 5.32 Å². The van der Waals surface area contributed by atoms with Crippen molar-refractivity contribution in [3.05, 3.63) is 0 Å². The minimum atomic E-state index is -0.867. The van der Waals surface area contributed by atoms with Crippen LogP contribution in [-0.4, -0.2) is 30.5 Å². The lowest BCUT2D eigenvalue weighted by Gasteiger charge is -2.28. The van der Waals surface area contributed by atoms with E-state index < -0.39 is 12.3 Å². The fraction of sp³-hybridized carbons (Fsp3) is 1.00. The van der Waals surface area contributed by atoms with Crippen molar-refractivity contribution in [3.63, 3.8) is 0 Å². The zero-order valence-electron chi connectivity index (χ0n) is 6.18. The van der Waals surface area contributed by atoms with Crippen LogP contribution in [0.2, 0.25) is 0 Å². The van der Waals surface area contributed by atoms with Crippen LogP contribution in [0, 0.1) is 5.92 Å². The normalized spacial score (nSPS) is 37.5. The van der Waals surface area contributed by atoms with Crippen LogP contribution in [0.3, 0.4) is 0 Å². The summed E-state index contributed by atoms with van der Waals surface area (Å²) in [6, 6.07) is 0. The first-order chi connectivity index (χ1) is 4.72. The molecule has 1 heterocycles. The third-order valence-corrected chi connectivity index (χ3v) is 2.08. The van der Waals surface area contributed by atoms with E-state index in [0.29, 0.717) is 6.54 Å². The number of alkyl halides is 1. The smallest absolute Gasteiger partial charge is 0.118 e. The summed E-state index contributed by atoms with van der Waals surface area (Å²) in [5, 5.41) is 12.0. The third kappa shape index (κ3) is 1.67. The molecule has 0 aliphatic carbocycles. The van der Waals surface area contributed by atoms with E-state index in [0.717, 1.165) is 13.0 Å². The van der Waals surface area contributed by atoms with E-state index in [1.807, 2.05) is 0 Å². The van der Waals surface area contributed by atoms with Gasteiger partial charge in [0, 0.05) is 12.5 Å². The van der Waals surface area contributed by atoms with Crippen molar-refractivity contribution in [2.45, 2.75) is 25.6 Å². The minimum Gasteiger partial charge on any atom is -0.393 e. The lowest BCUT2D eigenvalue weighted by Crippen LogP contribution is -2.42. The minimum absolute atomic E-state index is 0.152. The molecule has 1 aliphatic rings. The van der Waals surface area contributed by atoms with Crippen LogP contribution in [0.4, 0.5) is 4.39 Å². The molecule has 1 rings (SSSR count). The summed E-state index contributed by atoms with van der Waals surface area (Å²) < 4.78 is 12.9. The van der Waals surface area contributed by atoms with Gasteiger partial charge in [0.15, 0.2) is 0 Å². The van der Waals surface area contributed by atoms with E-state index in [1.165, 1.54) is 0 Å². The van der Waals surface area contributed by atoms with Gasteiger partial charge in [-0.05, 0) is 19.9 Å². The van der Waals surface area contributed by atoms with Crippen LogP contribution in [0.25, 0.3) is 0 Å². The molecule has 3 unspecified atom stereocenters. The number of halogens is 1. The van der Waals surface area contributed by atoms with Gasteiger partial charge < -0.3 is 10.4 Å². The molecule has 0 spiro atoms. The molecule has 2 nitrogen and oxygen atoms in total. The van der Waals surface area contributed by atoms with Gasteiger partial charge in [0.05, 0.1) is 6.10 Å². The Morgan fingerprint density at radius 3 is 2.80 bits per heavy atom. The molecule has 0 saturated carbocycles. The summed E-state index contributed by atoms with van der Waals surface area (Å²) in [6.07, 6.45) is -0.621. The molecule has 10 heavy (non-hydrogen) atoms. The Kier molecular flexibility index (Phi) is 2.63. The van der Waals surface area contributed by atoms with Crippen molar-refractivity contribution in [1.29, 1.82) is 0 Å². The van der Waals surface area contributed by atoms with Gasteiger partial charge in [-0.1, -0.05) is 0 Å². The fourth-order valence-electron chi connectivity index (χ4n) is 1.38. The molecule has 1 saturated heterocycles. The van der Waals surface area contributed by atoms with Gasteiger partial charge in [-0.2, -0.15) is 0 Å². The molecule has 3 heteroatoms. The highest BCUT2D eigenvalue weighted by Gasteiger charge is 2.27. The lowest BCUT2D eigenvalue weighted by molar-refractivity contribution is 0.0490. The lowest BCUT2D eigenvalue weighted by atomic mass is 9.92. The topological polar surface area (TPSA) is 32.3 Å². The van der Waals surface area contributed by atoms with Gasteiger partial charge in [0.1, 0.15) is 6.17 Å². The molecule has 1 aliphatic heterocycles. The predicted molar refractivity (Wildman–Crippen MR) is 37.6 cm³/mol. The van der Waals surface area contributed by atoms with Crippen LogP contribution >= 0.6 is 0 Å². The van der Waals surface area contributed by atoms with Gasteiger partial charge in [-0.25, -0.2) is 4.39 Å². The zero-order chi connectivity index (χ0) is 7.56. The number of hydrogen-bond acceptors (Lipinski definition) is 2. The number of rotatable bonds is 1. The Morgan fingerprint density at radius 1 is 1.70 bits per heavy atom. The molecule has 0 aromatic rings. The highest BCUT2D eigenvalue weighted by Crippen LogP contribution is 2.18. The molecule has 1 fully saturated rings. The highest BCUT2D eigenvalue weighted by atomic mass is 19.1. The van der Waals surface area contributed by atoms with Crippen LogP contribution in [0.15, 0.2) is 0 Å². The molecule has 2 N–H and O–H groups in total. The number of nitrogens with one attached hydrogen (secondary N) is 1. The maximum Gasteiger partial charge on any atom is 0.118 e. The Hall–Kier alpha value is -0.150. The van der Waals surface area contributed by atoms with E-state index >= 15 is 0 Å². The number of piperidine rings is 1. The Morgan fingerprint density at radius 2 is 2.40 bits per heavy atom. The van der Waals surface area contributed by atoms with Crippen molar-refractivity contribution in [2.24, 2.45) is 5.92 Å². The average Bonchev–Trinajstić information content (AvgIpc) is 1.88. The maximum atomic E-state index is 12.9. The highest BCUT2D eigenvalue weighted by molar-refractivity contribution is 4.80. The monoisotopic (exact) mass is 147 g/mol. The quantitative estimate of drug-likeness (QED) is 0.559. The first-order valence-corrected chi connectivity index (χ1v) is 3.74. The molecular formula is C7H14FNO. The van der Waals surface area contributed by atoms with Crippen LogP contribution in [0.5, 0.6) is 0 Å². The first-order valence-electron chi connectivity index (χ1n) is 3.74. The van der Waals surface area contributed by atoms with E-state index in [4.69, 9.17) is 5.11 Å². The Balaban J connectivity index is 2.40. The van der Waals surface area contributed by atoms with Gasteiger partial charge in [0.2, 0.25) is 0 Å². The molecule has 0 aromatic heterocycles. The molecule has 0 radical (unpaired) electrons. The SMILES string of the molecule is CC(O)C1CCNCC1F. The fourth-order valence-corrected chi connectivity index (χ4v) is 1.38. The van der Waals surface area contributed by atoms with E-state index in [9.17, 15) is 4.39 Å². The second-order valence-corrected chi connectivity index (χ2v) is 2.91.